The molecular formula is C74H94F2N8O17. The number of para-hydroxylation sites is 1. The molecule has 4 aliphatic carbocycles. The monoisotopic (exact) mass is 1400 g/mol. The van der Waals surface area contributed by atoms with Gasteiger partial charge < -0.3 is 80.8 Å². The summed E-state index contributed by atoms with van der Waals surface area (Å²) in [5.74, 6) is 1.01. The Balaban J connectivity index is 0.646. The molecule has 1 saturated heterocycles. The third kappa shape index (κ3) is 18.1. The number of allylic oxidation sites excluding steroid dienone is 4. The number of Topliss-reactive ketones (excluding diaryl/α,β-unsaturated/α-hetero) is 1. The number of carbonyl (C=O) groups excluding carboxylic acids is 9. The van der Waals surface area contributed by atoms with Crippen LogP contribution in [0, 0.1) is 40.4 Å². The van der Waals surface area contributed by atoms with Crippen molar-refractivity contribution in [2.24, 2.45) is 34.3 Å². The molecular weight excluding hydrogens is 1310 g/mol. The van der Waals surface area contributed by atoms with E-state index in [0.29, 0.717) is 56.1 Å². The number of rotatable bonds is 35. The molecule has 3 aromatic rings. The van der Waals surface area contributed by atoms with Crippen molar-refractivity contribution in [3.05, 3.63) is 119 Å². The number of fused-ring (bicyclic) bond motifs is 9. The van der Waals surface area contributed by atoms with Gasteiger partial charge in [0.15, 0.2) is 29.1 Å². The maximum atomic E-state index is 17.9. The van der Waals surface area contributed by atoms with Crippen molar-refractivity contribution in [2.75, 3.05) is 82.7 Å². The minimum Gasteiger partial charge on any atom is -0.445 e. The summed E-state index contributed by atoms with van der Waals surface area (Å²) in [6, 6.07) is 18.5. The Morgan fingerprint density at radius 3 is 2.15 bits per heavy atom. The van der Waals surface area contributed by atoms with E-state index in [1.807, 2.05) is 55.5 Å². The number of hydrogen-bond donors (Lipinski definition) is 8. The first-order chi connectivity index (χ1) is 48.4. The molecule has 2 aliphatic heterocycles. The lowest BCUT2D eigenvalue weighted by molar-refractivity contribution is -0.233. The first-order valence-corrected chi connectivity index (χ1v) is 34.8. The van der Waals surface area contributed by atoms with Gasteiger partial charge in [-0.1, -0.05) is 94.5 Å². The van der Waals surface area contributed by atoms with Gasteiger partial charge in [-0.2, -0.15) is 0 Å². The van der Waals surface area contributed by atoms with Crippen LogP contribution in [0.25, 0.3) is 0 Å². The number of aliphatic hydroxyl groups excluding tert-OH is 1. The third-order valence-electron chi connectivity index (χ3n) is 20.1. The number of ether oxygens (including phenoxy) is 7. The Bertz CT molecular complexity index is 3620. The van der Waals surface area contributed by atoms with Crippen LogP contribution in [0.2, 0.25) is 0 Å². The van der Waals surface area contributed by atoms with Crippen LogP contribution < -0.4 is 42.5 Å². The maximum Gasteiger partial charge on any atom is 0.407 e. The summed E-state index contributed by atoms with van der Waals surface area (Å²) < 4.78 is 74.8. The van der Waals surface area contributed by atoms with Gasteiger partial charge in [0, 0.05) is 65.9 Å². The highest BCUT2D eigenvalue weighted by Gasteiger charge is 2.80. The molecule has 3 saturated carbocycles. The Hall–Kier alpha value is -8.49. The molecule has 546 valence electrons. The smallest absolute Gasteiger partial charge is 0.407 e. The number of nitrogens with zero attached hydrogens (tertiary/aromatic N) is 1. The fraction of sp³-hybridized carbons (Fsp3) is 0.554. The summed E-state index contributed by atoms with van der Waals surface area (Å²) in [4.78, 5) is 120. The van der Waals surface area contributed by atoms with E-state index in [1.165, 1.54) is 19.1 Å². The van der Waals surface area contributed by atoms with Crippen LogP contribution in [-0.4, -0.2) is 179 Å². The summed E-state index contributed by atoms with van der Waals surface area (Å²) in [6.45, 7) is 10.4. The van der Waals surface area contributed by atoms with Gasteiger partial charge in [0.2, 0.25) is 29.5 Å². The number of anilines is 2. The molecule has 0 bridgehead atoms. The largest absolute Gasteiger partial charge is 0.445 e. The second-order valence-electron chi connectivity index (χ2n) is 27.1. The highest BCUT2D eigenvalue weighted by atomic mass is 19.1. The van der Waals surface area contributed by atoms with E-state index in [1.54, 1.807) is 49.9 Å². The van der Waals surface area contributed by atoms with E-state index in [0.717, 1.165) is 22.8 Å². The minimum absolute atomic E-state index is 0.0194. The summed E-state index contributed by atoms with van der Waals surface area (Å²) in [5, 5.41) is 28.0. The predicted molar refractivity (Wildman–Crippen MR) is 365 cm³/mol. The zero-order valence-electron chi connectivity index (χ0n) is 57.9. The number of benzene rings is 3. The standard InChI is InChI=1S/C74H94F2N8O17/c1-6-12-65-100-61-41-53-54-40-56(75)55-39-52(85)26-28-71(55,4)73(54,76)59(86)42-72(53,5)74(61,101-65)60(87)43-80-70(94)99-45-47-18-22-51(23-19-47)81-67(91)57(16-11-29-79-69(77)93)82-68(92)66(46(2)3)83-63(89)27-31-95-33-35-97-37-38-98-36-34-96-32-30-78-62(88)24-25-64(90)84-44-50-15-8-7-13-48(50)20-21-49-14-9-10-17-58(49)84/h7-10,13-15,17-19,22-23,26,28,39,46,53-54,56-57,59,61,65-66,86H,6,11-12,16,24-25,27,29-38,40-45H2,1-5H3,(H,78,88)(H,80,94)(H,81,91)(H,82,92)(H,83,89)(H3,77,79,93)/t53-,54-,56-,57?,59-,61+,65?,66-,71-,72-,73-,74+/m0/s1. The lowest BCUT2D eigenvalue weighted by Crippen LogP contribution is -2.71. The van der Waals surface area contributed by atoms with Gasteiger partial charge in [0.05, 0.1) is 83.8 Å². The van der Waals surface area contributed by atoms with Gasteiger partial charge in [-0.3, -0.25) is 33.6 Å². The van der Waals surface area contributed by atoms with E-state index in [4.69, 9.17) is 38.9 Å². The quantitative estimate of drug-likeness (QED) is 0.0247. The lowest BCUT2D eigenvalue weighted by atomic mass is 9.44. The van der Waals surface area contributed by atoms with E-state index in [2.05, 4.69) is 43.7 Å². The van der Waals surface area contributed by atoms with Crippen LogP contribution in [0.4, 0.5) is 29.7 Å². The number of primary amides is 1. The average molecular weight is 1410 g/mol. The summed E-state index contributed by atoms with van der Waals surface area (Å²) >= 11 is 0. The van der Waals surface area contributed by atoms with Crippen LogP contribution in [0.15, 0.2) is 96.6 Å². The second-order valence-corrected chi connectivity index (χ2v) is 27.1. The molecule has 101 heavy (non-hydrogen) atoms. The van der Waals surface area contributed by atoms with Crippen molar-refractivity contribution in [3.8, 4) is 11.8 Å². The predicted octanol–water partition coefficient (Wildman–Crippen LogP) is 6.00. The lowest BCUT2D eigenvalue weighted by Gasteiger charge is -2.63. The Labute approximate surface area is 586 Å². The van der Waals surface area contributed by atoms with Crippen LogP contribution in [0.1, 0.15) is 121 Å². The highest BCUT2D eigenvalue weighted by molar-refractivity contribution is 6.02. The molecule has 27 heteroatoms. The van der Waals surface area contributed by atoms with Crippen molar-refractivity contribution in [1.29, 1.82) is 0 Å². The number of nitrogens with two attached hydrogens (primary N) is 1. The van der Waals surface area contributed by atoms with Crippen molar-refractivity contribution < 1.29 is 90.2 Å². The zero-order chi connectivity index (χ0) is 72.5. The number of alkyl halides is 2. The van der Waals surface area contributed by atoms with Crippen molar-refractivity contribution in [1.82, 2.24) is 26.6 Å². The van der Waals surface area contributed by atoms with E-state index in [-0.39, 0.29) is 121 Å². The number of urea groups is 1. The molecule has 8 amide bonds. The number of alkyl carbamates (subject to hydrolysis) is 1. The number of halogens is 2. The van der Waals surface area contributed by atoms with Crippen molar-refractivity contribution in [3.63, 3.8) is 0 Å². The SMILES string of the molecule is CCCC1O[C@@H]2C[C@H]3[C@@H]4C[C@H](F)C5=CC(=O)C=C[C@]5(C)[C@@]4(F)[C@@H](O)C[C@]3(C)[C@]2(C(=O)CNC(=O)OCc2ccc(NC(=O)C(CCCNC(N)=O)NC(=O)[C@@H](NC(=O)CCOCCOCCOCCOCCNC(=O)CCC(=O)N3Cc4ccccc4C#Cc4ccccc43)C(C)C)cc2)O1. The summed E-state index contributed by atoms with van der Waals surface area (Å²) in [5.41, 5.74) is 2.26. The number of ketones is 2. The number of carbonyl (C=O) groups is 9. The normalized spacial score (nSPS) is 25.7. The number of nitrogens with one attached hydrogen (secondary N) is 6. The number of aliphatic hydroxyl groups is 1. The molecule has 0 aromatic heterocycles. The molecule has 0 spiro atoms. The van der Waals surface area contributed by atoms with Crippen LogP contribution >= 0.6 is 0 Å². The van der Waals surface area contributed by atoms with E-state index in [9.17, 15) is 48.3 Å². The molecule has 12 atom stereocenters. The first-order valence-electron chi connectivity index (χ1n) is 34.8. The Morgan fingerprint density at radius 2 is 1.45 bits per heavy atom. The maximum absolute atomic E-state index is 17.9. The van der Waals surface area contributed by atoms with Crippen molar-refractivity contribution in [2.45, 2.75) is 160 Å². The van der Waals surface area contributed by atoms with E-state index >= 15 is 8.78 Å². The van der Waals surface area contributed by atoms with Crippen LogP contribution in [0.3, 0.4) is 0 Å². The topological polar surface area (TPSA) is 340 Å². The molecule has 6 aliphatic rings. The van der Waals surface area contributed by atoms with Crippen LogP contribution in [-0.2, 0) is 79.9 Å². The van der Waals surface area contributed by atoms with E-state index < -0.39 is 125 Å². The fourth-order valence-corrected chi connectivity index (χ4v) is 15.0. The molecule has 2 heterocycles. The zero-order valence-corrected chi connectivity index (χ0v) is 57.9. The number of amides is 8. The average Bonchev–Trinajstić information content (AvgIpc) is 1.54. The van der Waals surface area contributed by atoms with Gasteiger partial charge in [0.1, 0.15) is 24.9 Å². The third-order valence-corrected chi connectivity index (χ3v) is 20.1. The molecule has 9 rings (SSSR count). The van der Waals surface area contributed by atoms with Gasteiger partial charge in [-0.05, 0) is 116 Å². The Kier molecular flexibility index (Phi) is 26.5. The van der Waals surface area contributed by atoms with Gasteiger partial charge in [0.25, 0.3) is 0 Å². The molecule has 3 aromatic carbocycles. The Morgan fingerprint density at radius 1 is 0.772 bits per heavy atom. The molecule has 2 unspecified atom stereocenters. The molecule has 25 nitrogen and oxygen atoms in total. The highest BCUT2D eigenvalue weighted by Crippen LogP contribution is 2.72. The van der Waals surface area contributed by atoms with Gasteiger partial charge >= 0.3 is 12.1 Å². The minimum atomic E-state index is -2.39. The fourth-order valence-electron chi connectivity index (χ4n) is 15.0. The molecule has 9 N–H and O–H groups in total. The summed E-state index contributed by atoms with van der Waals surface area (Å²) in [7, 11) is 0. The van der Waals surface area contributed by atoms with Crippen LogP contribution in [0.5, 0.6) is 0 Å². The van der Waals surface area contributed by atoms with Gasteiger partial charge in [-0.25, -0.2) is 18.4 Å². The summed E-state index contributed by atoms with van der Waals surface area (Å²) in [6.07, 6.45) is -1.44. The first kappa shape index (κ1) is 76.7. The van der Waals surface area contributed by atoms with Gasteiger partial charge in [-0.15, -0.1) is 0 Å². The van der Waals surface area contributed by atoms with Crippen molar-refractivity contribution >= 4 is 64.6 Å². The second kappa shape index (κ2) is 34.9. The number of hydrogen-bond acceptors (Lipinski definition) is 17. The molecule has 4 fully saturated rings. The molecule has 0 radical (unpaired) electrons.